The van der Waals surface area contributed by atoms with Crippen molar-refractivity contribution in [2.45, 2.75) is 64.2 Å². The summed E-state index contributed by atoms with van der Waals surface area (Å²) in [4.78, 5) is 11.6. The highest BCUT2D eigenvalue weighted by Gasteiger charge is 2.38. The molecule has 2 saturated heterocycles. The van der Waals surface area contributed by atoms with Gasteiger partial charge in [-0.1, -0.05) is 13.3 Å². The van der Waals surface area contributed by atoms with Crippen molar-refractivity contribution in [1.82, 2.24) is 4.90 Å². The van der Waals surface area contributed by atoms with Crippen molar-refractivity contribution in [2.24, 2.45) is 5.92 Å². The molecule has 2 heterocycles. The van der Waals surface area contributed by atoms with Crippen LogP contribution in [0.15, 0.2) is 0 Å². The van der Waals surface area contributed by atoms with Crippen LogP contribution in [-0.4, -0.2) is 40.8 Å². The van der Waals surface area contributed by atoms with Crippen LogP contribution in [-0.2, 0) is 4.79 Å². The molecule has 0 aliphatic carbocycles. The number of carbonyl (C=O) groups is 1. The van der Waals surface area contributed by atoms with E-state index in [1.807, 2.05) is 0 Å². The molecule has 112 valence electrons. The molecule has 6 heteroatoms. The molecule has 2 fully saturated rings. The molecule has 3 atom stereocenters. The molecule has 0 saturated carbocycles. The van der Waals surface area contributed by atoms with Crippen molar-refractivity contribution in [3.8, 4) is 0 Å². The molecule has 0 aromatic carbocycles. The van der Waals surface area contributed by atoms with Crippen LogP contribution in [0.1, 0.15) is 46.0 Å². The summed E-state index contributed by atoms with van der Waals surface area (Å²) in [6.45, 7) is 6.20. The van der Waals surface area contributed by atoms with Crippen LogP contribution in [0, 0.1) is 5.92 Å². The summed E-state index contributed by atoms with van der Waals surface area (Å²) in [5.41, 5.74) is 0. The van der Waals surface area contributed by atoms with Crippen molar-refractivity contribution in [1.29, 1.82) is 0 Å². The van der Waals surface area contributed by atoms with Gasteiger partial charge in [0, 0.05) is 12.1 Å². The molecule has 0 bridgehead atoms. The van der Waals surface area contributed by atoms with Gasteiger partial charge in [0.1, 0.15) is 0 Å². The Morgan fingerprint density at radius 2 is 1.79 bits per heavy atom. The zero-order valence-corrected chi connectivity index (χ0v) is 11.4. The third-order valence-electron chi connectivity index (χ3n) is 3.90. The summed E-state index contributed by atoms with van der Waals surface area (Å²) in [6.07, 6.45) is 2.19. The zero-order valence-electron chi connectivity index (χ0n) is 11.4. The first-order valence-corrected chi connectivity index (χ1v) is 6.77. The number of hydrogen-bond donors (Lipinski definition) is 1. The number of piperidine rings is 2. The number of carboxylic acid groups (broad SMARTS) is 1. The van der Waals surface area contributed by atoms with Gasteiger partial charge in [-0.3, -0.25) is 4.90 Å². The molecule has 2 rings (SSSR count). The standard InChI is InChI=1S/C11H21N.C2HF3O2/c1-9-7-10(2)12-6-4-3-5-11(12)8-9;3-2(4,5)1(6)7/h9-11H,3-8H2,1-2H3;(H,6,7)/t9-,10+,11+;/m1./s1. The van der Waals surface area contributed by atoms with Gasteiger partial charge in [0.05, 0.1) is 0 Å². The topological polar surface area (TPSA) is 40.5 Å². The molecule has 0 aromatic heterocycles. The molecule has 0 spiro atoms. The van der Waals surface area contributed by atoms with E-state index in [-0.39, 0.29) is 0 Å². The van der Waals surface area contributed by atoms with Crippen molar-refractivity contribution < 1.29 is 23.1 Å². The van der Waals surface area contributed by atoms with Crippen molar-refractivity contribution >= 4 is 5.97 Å². The highest BCUT2D eigenvalue weighted by atomic mass is 19.4. The Morgan fingerprint density at radius 1 is 1.21 bits per heavy atom. The third kappa shape index (κ3) is 5.01. The molecule has 2 aliphatic rings. The number of carboxylic acids is 1. The monoisotopic (exact) mass is 281 g/mol. The fourth-order valence-electron chi connectivity index (χ4n) is 3.13. The minimum Gasteiger partial charge on any atom is -0.475 e. The number of halogens is 3. The normalized spacial score (nSPS) is 31.9. The molecule has 0 radical (unpaired) electrons. The maximum Gasteiger partial charge on any atom is 0.490 e. The Morgan fingerprint density at radius 3 is 2.32 bits per heavy atom. The molecule has 19 heavy (non-hydrogen) atoms. The van der Waals surface area contributed by atoms with Gasteiger partial charge in [-0.15, -0.1) is 0 Å². The van der Waals surface area contributed by atoms with E-state index in [2.05, 4.69) is 18.7 Å². The lowest BCUT2D eigenvalue weighted by molar-refractivity contribution is -0.192. The summed E-state index contributed by atoms with van der Waals surface area (Å²) >= 11 is 0. The SMILES string of the molecule is C[C@H]1C[C@@H]2CCCCN2[C@@H](C)C1.O=C(O)C(F)(F)F. The van der Waals surface area contributed by atoms with Gasteiger partial charge in [0.25, 0.3) is 0 Å². The number of hydrogen-bond acceptors (Lipinski definition) is 2. The second-order valence-corrected chi connectivity index (χ2v) is 5.62. The van der Waals surface area contributed by atoms with Crippen molar-refractivity contribution in [3.05, 3.63) is 0 Å². The molecule has 3 nitrogen and oxygen atoms in total. The lowest BCUT2D eigenvalue weighted by Crippen LogP contribution is -2.49. The molecule has 1 N–H and O–H groups in total. The third-order valence-corrected chi connectivity index (χ3v) is 3.90. The van der Waals surface area contributed by atoms with Gasteiger partial charge in [0.2, 0.25) is 0 Å². The summed E-state index contributed by atoms with van der Waals surface area (Å²) in [6, 6.07) is 1.80. The molecule has 0 aromatic rings. The van der Waals surface area contributed by atoms with E-state index in [1.54, 1.807) is 0 Å². The first-order chi connectivity index (χ1) is 8.71. The van der Waals surface area contributed by atoms with E-state index < -0.39 is 12.1 Å². The summed E-state index contributed by atoms with van der Waals surface area (Å²) in [7, 11) is 0. The second kappa shape index (κ2) is 6.59. The molecule has 2 aliphatic heterocycles. The van der Waals surface area contributed by atoms with Crippen LogP contribution in [0.25, 0.3) is 0 Å². The van der Waals surface area contributed by atoms with Gasteiger partial charge >= 0.3 is 12.1 Å². The van der Waals surface area contributed by atoms with E-state index in [4.69, 9.17) is 9.90 Å². The van der Waals surface area contributed by atoms with Gasteiger partial charge in [-0.25, -0.2) is 4.79 Å². The van der Waals surface area contributed by atoms with Gasteiger partial charge < -0.3 is 5.11 Å². The fraction of sp³-hybridized carbons (Fsp3) is 0.923. The smallest absolute Gasteiger partial charge is 0.475 e. The summed E-state index contributed by atoms with van der Waals surface area (Å²) < 4.78 is 31.7. The lowest BCUT2D eigenvalue weighted by atomic mass is 9.83. The molecular formula is C13H22F3NO2. The van der Waals surface area contributed by atoms with Crippen LogP contribution < -0.4 is 0 Å². The van der Waals surface area contributed by atoms with E-state index in [0.29, 0.717) is 0 Å². The number of alkyl halides is 3. The Hall–Kier alpha value is -0.780. The van der Waals surface area contributed by atoms with Crippen molar-refractivity contribution in [3.63, 3.8) is 0 Å². The van der Waals surface area contributed by atoms with E-state index in [1.165, 1.54) is 38.6 Å². The minimum atomic E-state index is -5.08. The average Bonchev–Trinajstić information content (AvgIpc) is 2.28. The quantitative estimate of drug-likeness (QED) is 0.740. The molecular weight excluding hydrogens is 259 g/mol. The Bertz CT molecular complexity index is 307. The van der Waals surface area contributed by atoms with Gasteiger partial charge in [0.15, 0.2) is 0 Å². The van der Waals surface area contributed by atoms with Crippen LogP contribution >= 0.6 is 0 Å². The van der Waals surface area contributed by atoms with Gasteiger partial charge in [-0.05, 0) is 45.1 Å². The molecule has 0 amide bonds. The average molecular weight is 281 g/mol. The first kappa shape index (κ1) is 16.3. The van der Waals surface area contributed by atoms with Crippen LogP contribution in [0.3, 0.4) is 0 Å². The van der Waals surface area contributed by atoms with E-state index in [0.717, 1.165) is 18.0 Å². The van der Waals surface area contributed by atoms with Crippen molar-refractivity contribution in [2.75, 3.05) is 6.54 Å². The van der Waals surface area contributed by atoms with E-state index >= 15 is 0 Å². The number of aliphatic carboxylic acids is 1. The predicted molar refractivity (Wildman–Crippen MR) is 65.9 cm³/mol. The van der Waals surface area contributed by atoms with Crippen LogP contribution in [0.2, 0.25) is 0 Å². The highest BCUT2D eigenvalue weighted by Crippen LogP contribution is 2.32. The largest absolute Gasteiger partial charge is 0.490 e. The Kier molecular flexibility index (Phi) is 5.64. The van der Waals surface area contributed by atoms with Gasteiger partial charge in [-0.2, -0.15) is 13.2 Å². The highest BCUT2D eigenvalue weighted by molar-refractivity contribution is 5.73. The van der Waals surface area contributed by atoms with E-state index in [9.17, 15) is 13.2 Å². The maximum absolute atomic E-state index is 10.6. The zero-order chi connectivity index (χ0) is 14.6. The maximum atomic E-state index is 10.6. The fourth-order valence-corrected chi connectivity index (χ4v) is 3.13. The van der Waals surface area contributed by atoms with Crippen LogP contribution in [0.4, 0.5) is 13.2 Å². The second-order valence-electron chi connectivity index (χ2n) is 5.62. The lowest BCUT2D eigenvalue weighted by Gasteiger charge is -2.46. The number of fused-ring (bicyclic) bond motifs is 1. The summed E-state index contributed by atoms with van der Waals surface area (Å²) in [5, 5.41) is 7.12. The molecule has 0 unspecified atom stereocenters. The number of rotatable bonds is 0. The Balaban J connectivity index is 0.000000224. The Labute approximate surface area is 111 Å². The number of nitrogens with zero attached hydrogens (tertiary/aromatic N) is 1. The minimum absolute atomic E-state index is 0.860. The first-order valence-electron chi connectivity index (χ1n) is 6.77. The van der Waals surface area contributed by atoms with Crippen LogP contribution in [0.5, 0.6) is 0 Å². The summed E-state index contributed by atoms with van der Waals surface area (Å²) in [5.74, 6) is -1.79. The predicted octanol–water partition coefficient (Wildman–Crippen LogP) is 3.29.